The molecular weight excluding hydrogens is 366 g/mol. The fourth-order valence-electron chi connectivity index (χ4n) is 1.86. The van der Waals surface area contributed by atoms with Crippen LogP contribution in [-0.4, -0.2) is 16.1 Å². The third-order valence-electron chi connectivity index (χ3n) is 3.20. The fourth-order valence-corrected chi connectivity index (χ4v) is 3.14. The van der Waals surface area contributed by atoms with Crippen molar-refractivity contribution in [3.05, 3.63) is 50.1 Å². The maximum atomic E-state index is 12.0. The average molecular weight is 378 g/mol. The van der Waals surface area contributed by atoms with E-state index in [0.717, 1.165) is 14.9 Å². The van der Waals surface area contributed by atoms with Crippen molar-refractivity contribution in [2.75, 3.05) is 5.32 Å². The molecule has 7 heteroatoms. The zero-order valence-electron chi connectivity index (χ0n) is 11.9. The molecule has 0 saturated heterocycles. The number of benzene rings is 1. The van der Waals surface area contributed by atoms with E-state index in [1.54, 1.807) is 6.07 Å². The van der Waals surface area contributed by atoms with Gasteiger partial charge in [0.1, 0.15) is 0 Å². The number of amides is 1. The molecule has 2 heterocycles. The predicted octanol–water partition coefficient (Wildman–Crippen LogP) is 4.43. The Morgan fingerprint density at radius 2 is 2.00 bits per heavy atom. The summed E-state index contributed by atoms with van der Waals surface area (Å²) in [7, 11) is 0. The smallest absolute Gasteiger partial charge is 0.322 e. The first-order valence-corrected chi connectivity index (χ1v) is 8.12. The second-order valence-corrected chi connectivity index (χ2v) is 7.23. The Morgan fingerprint density at radius 3 is 2.68 bits per heavy atom. The van der Waals surface area contributed by atoms with Crippen molar-refractivity contribution in [3.63, 3.8) is 0 Å². The molecule has 0 aliphatic heterocycles. The van der Waals surface area contributed by atoms with Crippen molar-refractivity contribution in [2.45, 2.75) is 13.8 Å². The highest BCUT2D eigenvalue weighted by atomic mass is 79.9. The number of anilines is 1. The topological polar surface area (TPSA) is 68.0 Å². The van der Waals surface area contributed by atoms with E-state index in [9.17, 15) is 4.79 Å². The summed E-state index contributed by atoms with van der Waals surface area (Å²) in [5, 5.41) is 10.4. The second-order valence-electron chi connectivity index (χ2n) is 4.77. The van der Waals surface area contributed by atoms with Crippen molar-refractivity contribution < 1.29 is 9.21 Å². The number of nitrogens with one attached hydrogen (secondary N) is 1. The molecular formula is C15H12BrN3O2S. The van der Waals surface area contributed by atoms with Crippen LogP contribution in [0.25, 0.3) is 11.5 Å². The van der Waals surface area contributed by atoms with Crippen LogP contribution in [0.2, 0.25) is 0 Å². The van der Waals surface area contributed by atoms with Gasteiger partial charge in [0.05, 0.1) is 8.66 Å². The molecule has 0 fully saturated rings. The summed E-state index contributed by atoms with van der Waals surface area (Å²) >= 11 is 4.66. The van der Waals surface area contributed by atoms with Gasteiger partial charge in [-0.05, 0) is 65.2 Å². The molecule has 1 aromatic carbocycles. The first-order valence-electron chi connectivity index (χ1n) is 6.51. The monoisotopic (exact) mass is 377 g/mol. The summed E-state index contributed by atoms with van der Waals surface area (Å²) in [4.78, 5) is 12.6. The number of halogens is 1. The third kappa shape index (κ3) is 3.10. The normalized spacial score (nSPS) is 10.7. The van der Waals surface area contributed by atoms with Crippen molar-refractivity contribution >= 4 is 39.2 Å². The van der Waals surface area contributed by atoms with Gasteiger partial charge >= 0.3 is 6.01 Å². The number of aryl methyl sites for hydroxylation is 2. The van der Waals surface area contributed by atoms with Crippen LogP contribution in [0.3, 0.4) is 0 Å². The molecule has 2 aromatic heterocycles. The molecule has 0 aliphatic rings. The number of carbonyl (C=O) groups excluding carboxylic acids is 1. The van der Waals surface area contributed by atoms with E-state index < -0.39 is 0 Å². The number of rotatable bonds is 3. The maximum absolute atomic E-state index is 12.0. The van der Waals surface area contributed by atoms with Gasteiger partial charge in [-0.3, -0.25) is 10.1 Å². The Morgan fingerprint density at radius 1 is 1.18 bits per heavy atom. The van der Waals surface area contributed by atoms with Crippen LogP contribution >= 0.6 is 27.3 Å². The Bertz CT molecular complexity index is 841. The van der Waals surface area contributed by atoms with Crippen molar-refractivity contribution in [3.8, 4) is 11.5 Å². The van der Waals surface area contributed by atoms with E-state index in [4.69, 9.17) is 4.42 Å². The molecule has 0 bridgehead atoms. The Kier molecular flexibility index (Phi) is 4.08. The van der Waals surface area contributed by atoms with Gasteiger partial charge in [-0.15, -0.1) is 16.4 Å². The van der Waals surface area contributed by atoms with E-state index in [-0.39, 0.29) is 11.9 Å². The number of nitrogens with zero attached hydrogens (tertiary/aromatic N) is 2. The third-order valence-corrected chi connectivity index (χ3v) is 4.82. The molecule has 0 aliphatic carbocycles. The minimum Gasteiger partial charge on any atom is -0.403 e. The van der Waals surface area contributed by atoms with E-state index in [2.05, 4.69) is 31.4 Å². The summed E-state index contributed by atoms with van der Waals surface area (Å²) in [5.41, 5.74) is 3.17. The maximum Gasteiger partial charge on any atom is 0.322 e. The van der Waals surface area contributed by atoms with Gasteiger partial charge < -0.3 is 4.42 Å². The van der Waals surface area contributed by atoms with Crippen LogP contribution < -0.4 is 5.32 Å². The first kappa shape index (κ1) is 14.9. The molecule has 22 heavy (non-hydrogen) atoms. The molecule has 3 aromatic rings. The fraction of sp³-hybridized carbons (Fsp3) is 0.133. The molecule has 1 amide bonds. The summed E-state index contributed by atoms with van der Waals surface area (Å²) in [6.45, 7) is 4.06. The van der Waals surface area contributed by atoms with Crippen molar-refractivity contribution in [1.29, 1.82) is 0 Å². The lowest BCUT2D eigenvalue weighted by Gasteiger charge is -2.01. The van der Waals surface area contributed by atoms with Gasteiger partial charge in [-0.25, -0.2) is 0 Å². The largest absolute Gasteiger partial charge is 0.403 e. The minimum absolute atomic E-state index is 0.0859. The number of aromatic nitrogens is 2. The molecule has 1 N–H and O–H groups in total. The SMILES string of the molecule is Cc1ccc(-c2nnc(NC(=O)c3ccc(Br)s3)o2)cc1C. The zero-order chi connectivity index (χ0) is 15.7. The highest BCUT2D eigenvalue weighted by Gasteiger charge is 2.14. The summed E-state index contributed by atoms with van der Waals surface area (Å²) in [6, 6.07) is 9.51. The molecule has 0 spiro atoms. The van der Waals surface area contributed by atoms with Crippen LogP contribution in [0.1, 0.15) is 20.8 Å². The molecule has 5 nitrogen and oxygen atoms in total. The van der Waals surface area contributed by atoms with E-state index in [1.165, 1.54) is 16.9 Å². The van der Waals surface area contributed by atoms with Gasteiger partial charge in [0, 0.05) is 5.56 Å². The minimum atomic E-state index is -0.272. The molecule has 0 saturated carbocycles. The van der Waals surface area contributed by atoms with Gasteiger partial charge in [0.25, 0.3) is 5.91 Å². The van der Waals surface area contributed by atoms with Crippen molar-refractivity contribution in [2.24, 2.45) is 0 Å². The molecule has 112 valence electrons. The molecule has 0 radical (unpaired) electrons. The highest BCUT2D eigenvalue weighted by molar-refractivity contribution is 9.11. The van der Waals surface area contributed by atoms with Gasteiger partial charge in [0.2, 0.25) is 5.89 Å². The predicted molar refractivity (Wildman–Crippen MR) is 89.2 cm³/mol. The Labute approximate surface area is 139 Å². The number of carbonyl (C=O) groups is 1. The number of hydrogen-bond acceptors (Lipinski definition) is 5. The Hall–Kier alpha value is -1.99. The van der Waals surface area contributed by atoms with Crippen LogP contribution in [0.5, 0.6) is 0 Å². The summed E-state index contributed by atoms with van der Waals surface area (Å²) in [6.07, 6.45) is 0. The van der Waals surface area contributed by atoms with Gasteiger partial charge in [0.15, 0.2) is 0 Å². The van der Waals surface area contributed by atoms with Crippen LogP contribution in [0.15, 0.2) is 38.5 Å². The zero-order valence-corrected chi connectivity index (χ0v) is 14.3. The highest BCUT2D eigenvalue weighted by Crippen LogP contribution is 2.25. The first-order chi connectivity index (χ1) is 10.5. The number of hydrogen-bond donors (Lipinski definition) is 1. The Balaban J connectivity index is 1.78. The van der Waals surface area contributed by atoms with Crippen molar-refractivity contribution in [1.82, 2.24) is 10.2 Å². The number of thiophene rings is 1. The van der Waals surface area contributed by atoms with E-state index in [0.29, 0.717) is 10.8 Å². The average Bonchev–Trinajstić information content (AvgIpc) is 3.11. The van der Waals surface area contributed by atoms with Crippen LogP contribution in [0.4, 0.5) is 6.01 Å². The van der Waals surface area contributed by atoms with Crippen LogP contribution in [-0.2, 0) is 0 Å². The molecule has 0 unspecified atom stereocenters. The van der Waals surface area contributed by atoms with E-state index in [1.807, 2.05) is 38.1 Å². The van der Waals surface area contributed by atoms with E-state index >= 15 is 0 Å². The standard InChI is InChI=1S/C15H12BrN3O2S/c1-8-3-4-10(7-9(8)2)14-18-19-15(21-14)17-13(20)11-5-6-12(16)22-11/h3-7H,1-2H3,(H,17,19,20). The van der Waals surface area contributed by atoms with Crippen LogP contribution in [0, 0.1) is 13.8 Å². The lowest BCUT2D eigenvalue weighted by Crippen LogP contribution is -2.10. The molecule has 3 rings (SSSR count). The summed E-state index contributed by atoms with van der Waals surface area (Å²) < 4.78 is 6.39. The lowest BCUT2D eigenvalue weighted by molar-refractivity contribution is 0.102. The second kappa shape index (κ2) is 6.02. The summed E-state index contributed by atoms with van der Waals surface area (Å²) in [5.74, 6) is 0.108. The quantitative estimate of drug-likeness (QED) is 0.732. The lowest BCUT2D eigenvalue weighted by atomic mass is 10.1. The molecule has 0 atom stereocenters. The van der Waals surface area contributed by atoms with Gasteiger partial charge in [-0.1, -0.05) is 11.2 Å². The van der Waals surface area contributed by atoms with Gasteiger partial charge in [-0.2, -0.15) is 0 Å².